The molecule has 232 valence electrons. The minimum Gasteiger partial charge on any atom is -0.461 e. The number of hydrogen-bond acceptors (Lipinski definition) is 9. The molecule has 0 spiro atoms. The Morgan fingerprint density at radius 2 is 1.91 bits per heavy atom. The first-order valence-electron chi connectivity index (χ1n) is 15.2. The van der Waals surface area contributed by atoms with E-state index in [9.17, 15) is 13.9 Å². The van der Waals surface area contributed by atoms with E-state index in [0.717, 1.165) is 50.0 Å². The molecule has 6 heterocycles. The Balaban J connectivity index is 1.29. The Bertz CT molecular complexity index is 1780. The van der Waals surface area contributed by atoms with Crippen molar-refractivity contribution >= 4 is 55.0 Å². The maximum Gasteiger partial charge on any atom is 0.319 e. The van der Waals surface area contributed by atoms with Crippen molar-refractivity contribution in [3.8, 4) is 17.1 Å². The van der Waals surface area contributed by atoms with Crippen LogP contribution in [-0.4, -0.2) is 74.6 Å². The fourth-order valence-electron chi connectivity index (χ4n) is 8.21. The number of benzene rings is 2. The van der Waals surface area contributed by atoms with Crippen molar-refractivity contribution in [1.29, 1.82) is 0 Å². The third kappa shape index (κ3) is 4.51. The number of piperidine rings is 2. The Morgan fingerprint density at radius 1 is 1.11 bits per heavy atom. The molecular formula is C31H32ClF3N6O2S. The lowest BCUT2D eigenvalue weighted by Crippen LogP contribution is -2.54. The van der Waals surface area contributed by atoms with Crippen molar-refractivity contribution in [2.45, 2.75) is 81.3 Å². The predicted octanol–water partition coefficient (Wildman–Crippen LogP) is 6.26. The van der Waals surface area contributed by atoms with Gasteiger partial charge in [-0.3, -0.25) is 4.90 Å². The third-order valence-corrected chi connectivity index (χ3v) is 11.2. The van der Waals surface area contributed by atoms with Gasteiger partial charge in [0.25, 0.3) is 0 Å². The summed E-state index contributed by atoms with van der Waals surface area (Å²) < 4.78 is 52.4. The molecule has 4 aliphatic heterocycles. The number of nitrogen functional groups attached to an aromatic ring is 1. The van der Waals surface area contributed by atoms with Crippen molar-refractivity contribution in [2.24, 2.45) is 0 Å². The van der Waals surface area contributed by atoms with Crippen LogP contribution in [0, 0.1) is 11.6 Å². The molecule has 1 unspecified atom stereocenters. The minimum atomic E-state index is -0.916. The predicted molar refractivity (Wildman–Crippen MR) is 165 cm³/mol. The van der Waals surface area contributed by atoms with E-state index < -0.39 is 29.4 Å². The molecule has 8 rings (SSSR count). The van der Waals surface area contributed by atoms with E-state index in [4.69, 9.17) is 27.1 Å². The van der Waals surface area contributed by atoms with Gasteiger partial charge in [-0.2, -0.15) is 9.97 Å². The number of hydrogen-bond donors (Lipinski definition) is 2. The van der Waals surface area contributed by atoms with E-state index in [1.807, 2.05) is 0 Å². The molecule has 0 aliphatic carbocycles. The third-order valence-electron chi connectivity index (χ3n) is 10.0. The number of alkyl halides is 1. The summed E-state index contributed by atoms with van der Waals surface area (Å²) in [6.07, 6.45) is 4.78. The fourth-order valence-corrected chi connectivity index (χ4v) is 9.27. The van der Waals surface area contributed by atoms with Crippen LogP contribution < -0.4 is 15.4 Å². The van der Waals surface area contributed by atoms with Crippen LogP contribution in [0.1, 0.15) is 51.4 Å². The zero-order valence-electron chi connectivity index (χ0n) is 23.9. The molecule has 8 nitrogen and oxygen atoms in total. The van der Waals surface area contributed by atoms with E-state index in [0.29, 0.717) is 42.6 Å². The first-order valence-corrected chi connectivity index (χ1v) is 16.4. The number of fused-ring (bicyclic) bond motifs is 5. The summed E-state index contributed by atoms with van der Waals surface area (Å²) in [7, 11) is 0. The fraction of sp³-hybridized carbons (Fsp3) is 0.516. The molecule has 2 aromatic carbocycles. The SMILES string of the molecule is Nc1nc2c(-c3c(Cl)cc4c(N5[C@@H]6CCC[C@H]5CC(O)C6)nc(OC[C@@]56CCCN5C[C@H](F)C6)nc4c3F)ccc(F)c2s1. The van der Waals surface area contributed by atoms with Crippen LogP contribution in [0.15, 0.2) is 18.2 Å². The number of nitrogens with two attached hydrogens (primary N) is 1. The maximum absolute atomic E-state index is 16.8. The minimum absolute atomic E-state index is 0.00885. The molecule has 4 fully saturated rings. The number of nitrogens with zero attached hydrogens (tertiary/aromatic N) is 5. The van der Waals surface area contributed by atoms with E-state index in [-0.39, 0.29) is 56.2 Å². The molecule has 13 heteroatoms. The quantitative estimate of drug-likeness (QED) is 0.263. The van der Waals surface area contributed by atoms with E-state index >= 15 is 4.39 Å². The average molecular weight is 645 g/mol. The van der Waals surface area contributed by atoms with E-state index in [1.54, 1.807) is 6.07 Å². The number of ether oxygens (including phenoxy) is 1. The molecule has 2 bridgehead atoms. The smallest absolute Gasteiger partial charge is 0.319 e. The van der Waals surface area contributed by atoms with Gasteiger partial charge in [-0.15, -0.1) is 0 Å². The Kier molecular flexibility index (Phi) is 6.86. The molecule has 2 aromatic heterocycles. The van der Waals surface area contributed by atoms with Crippen LogP contribution >= 0.6 is 22.9 Å². The highest BCUT2D eigenvalue weighted by atomic mass is 35.5. The number of thiazole rings is 1. The van der Waals surface area contributed by atoms with E-state index in [2.05, 4.69) is 19.8 Å². The second kappa shape index (κ2) is 10.6. The first kappa shape index (κ1) is 28.5. The average Bonchev–Trinajstić information content (AvgIpc) is 3.64. The molecule has 4 saturated heterocycles. The molecule has 0 saturated carbocycles. The van der Waals surface area contributed by atoms with Crippen LogP contribution in [0.5, 0.6) is 6.01 Å². The lowest BCUT2D eigenvalue weighted by molar-refractivity contribution is 0.0919. The van der Waals surface area contributed by atoms with Crippen molar-refractivity contribution in [3.63, 3.8) is 0 Å². The zero-order chi connectivity index (χ0) is 30.3. The van der Waals surface area contributed by atoms with Gasteiger partial charge in [-0.05, 0) is 69.7 Å². The highest BCUT2D eigenvalue weighted by Gasteiger charge is 2.49. The Hall–Kier alpha value is -2.93. The number of aromatic nitrogens is 3. The monoisotopic (exact) mass is 644 g/mol. The van der Waals surface area contributed by atoms with Gasteiger partial charge >= 0.3 is 6.01 Å². The van der Waals surface area contributed by atoms with Gasteiger partial charge in [0, 0.05) is 41.6 Å². The van der Waals surface area contributed by atoms with Crippen LogP contribution in [0.4, 0.5) is 24.1 Å². The highest BCUT2D eigenvalue weighted by Crippen LogP contribution is 2.46. The number of halogens is 4. The molecular weight excluding hydrogens is 613 g/mol. The summed E-state index contributed by atoms with van der Waals surface area (Å²) in [4.78, 5) is 18.1. The number of anilines is 2. The molecule has 5 atom stereocenters. The zero-order valence-corrected chi connectivity index (χ0v) is 25.5. The van der Waals surface area contributed by atoms with Gasteiger partial charge in [0.2, 0.25) is 0 Å². The summed E-state index contributed by atoms with van der Waals surface area (Å²) in [5, 5.41) is 11.3. The lowest BCUT2D eigenvalue weighted by Gasteiger charge is -2.48. The second-order valence-electron chi connectivity index (χ2n) is 12.7. The summed E-state index contributed by atoms with van der Waals surface area (Å²) in [5.74, 6) is -0.693. The van der Waals surface area contributed by atoms with Gasteiger partial charge in [-0.1, -0.05) is 22.9 Å². The normalized spacial score (nSPS) is 28.7. The van der Waals surface area contributed by atoms with E-state index in [1.165, 1.54) is 12.1 Å². The van der Waals surface area contributed by atoms with Crippen molar-refractivity contribution < 1.29 is 23.0 Å². The largest absolute Gasteiger partial charge is 0.461 e. The van der Waals surface area contributed by atoms with Crippen LogP contribution in [-0.2, 0) is 0 Å². The topological polar surface area (TPSA) is 101 Å². The number of aliphatic hydroxyl groups excluding tert-OH is 1. The van der Waals surface area contributed by atoms with Gasteiger partial charge in [0.05, 0.1) is 26.9 Å². The van der Waals surface area contributed by atoms with Crippen molar-refractivity contribution in [1.82, 2.24) is 19.9 Å². The molecule has 4 aromatic rings. The van der Waals surface area contributed by atoms with Gasteiger partial charge in [0.15, 0.2) is 10.9 Å². The van der Waals surface area contributed by atoms with Gasteiger partial charge in [-0.25, -0.2) is 18.2 Å². The second-order valence-corrected chi connectivity index (χ2v) is 14.2. The standard InChI is InChI=1S/C31H32ClF3N6O2S/c32-21-11-20-25(24(35)23(21)19-5-6-22(34)27-26(19)37-29(36)44-27)38-30(43-14-31-7-2-8-40(31)13-15(33)12-31)39-28(20)41-16-3-1-4-17(41)10-18(42)9-16/h5-6,11,15-18,42H,1-4,7-10,12-14H2,(H2,36,37)/t15-,16-,17+,18?,31+/m1/s1. The number of rotatable bonds is 5. The summed E-state index contributed by atoms with van der Waals surface area (Å²) in [5.41, 5.74) is 6.06. The van der Waals surface area contributed by atoms with Crippen molar-refractivity contribution in [2.75, 3.05) is 30.3 Å². The first-order chi connectivity index (χ1) is 21.2. The number of aliphatic hydroxyl groups is 1. The molecule has 0 amide bonds. The molecule has 4 aliphatic rings. The Morgan fingerprint density at radius 3 is 2.70 bits per heavy atom. The summed E-state index contributed by atoms with van der Waals surface area (Å²) >= 11 is 7.81. The van der Waals surface area contributed by atoms with Gasteiger partial charge in [0.1, 0.15) is 29.9 Å². The highest BCUT2D eigenvalue weighted by molar-refractivity contribution is 7.22. The van der Waals surface area contributed by atoms with Crippen molar-refractivity contribution in [3.05, 3.63) is 34.9 Å². The lowest BCUT2D eigenvalue weighted by atomic mass is 9.82. The molecule has 0 radical (unpaired) electrons. The molecule has 3 N–H and O–H groups in total. The summed E-state index contributed by atoms with van der Waals surface area (Å²) in [6.45, 7) is 1.40. The summed E-state index contributed by atoms with van der Waals surface area (Å²) in [6, 6.07) is 4.40. The van der Waals surface area contributed by atoms with Gasteiger partial charge < -0.3 is 20.5 Å². The maximum atomic E-state index is 16.8. The molecule has 44 heavy (non-hydrogen) atoms. The van der Waals surface area contributed by atoms with Crippen LogP contribution in [0.3, 0.4) is 0 Å². The Labute approximate surface area is 261 Å². The van der Waals surface area contributed by atoms with Crippen LogP contribution in [0.25, 0.3) is 32.2 Å². The van der Waals surface area contributed by atoms with Crippen LogP contribution in [0.2, 0.25) is 5.02 Å².